The summed E-state index contributed by atoms with van der Waals surface area (Å²) in [6, 6.07) is 0.673. The molecule has 0 aromatic rings. The molecule has 0 aliphatic heterocycles. The summed E-state index contributed by atoms with van der Waals surface area (Å²) in [6.45, 7) is 2.50. The van der Waals surface area contributed by atoms with Crippen LogP contribution in [0.15, 0.2) is 0 Å². The molecule has 0 atom stereocenters. The first-order chi connectivity index (χ1) is 4.81. The van der Waals surface area contributed by atoms with Crippen molar-refractivity contribution >= 4 is 16.3 Å². The lowest BCUT2D eigenvalue weighted by molar-refractivity contribution is 0.0364. The Morgan fingerprint density at radius 2 is 2.40 bits per heavy atom. The standard InChI is InChI=1S/C5H10NO3Si/c1-2-8-5(7)6-9-3-4-10/h2-4H2,1H3,(H,6,7). The van der Waals surface area contributed by atoms with Gasteiger partial charge in [0.1, 0.15) is 0 Å². The Bertz CT molecular complexity index is 98.9. The van der Waals surface area contributed by atoms with Gasteiger partial charge in [0.05, 0.1) is 13.2 Å². The van der Waals surface area contributed by atoms with Crippen LogP contribution in [0.2, 0.25) is 6.04 Å². The van der Waals surface area contributed by atoms with Crippen molar-refractivity contribution in [2.75, 3.05) is 13.2 Å². The zero-order chi connectivity index (χ0) is 7.82. The van der Waals surface area contributed by atoms with E-state index in [2.05, 4.69) is 25.3 Å². The topological polar surface area (TPSA) is 47.6 Å². The quantitative estimate of drug-likeness (QED) is 0.364. The highest BCUT2D eigenvalue weighted by atomic mass is 28.1. The fourth-order valence-corrected chi connectivity index (χ4v) is 0.424. The summed E-state index contributed by atoms with van der Waals surface area (Å²) < 4.78 is 4.50. The molecule has 0 heterocycles. The Kier molecular flexibility index (Phi) is 6.20. The lowest BCUT2D eigenvalue weighted by atomic mass is 10.9. The molecule has 0 saturated carbocycles. The van der Waals surface area contributed by atoms with Crippen molar-refractivity contribution in [1.82, 2.24) is 5.48 Å². The predicted octanol–water partition coefficient (Wildman–Crippen LogP) is 0.251. The lowest BCUT2D eigenvalue weighted by Crippen LogP contribution is -2.24. The summed E-state index contributed by atoms with van der Waals surface area (Å²) in [5, 5.41) is 0. The number of ether oxygens (including phenoxy) is 1. The van der Waals surface area contributed by atoms with Crippen LogP contribution in [0.4, 0.5) is 4.79 Å². The van der Waals surface area contributed by atoms with E-state index in [1.807, 2.05) is 0 Å². The molecule has 0 saturated heterocycles. The SMILES string of the molecule is CCOC(=O)NOCC[Si]. The van der Waals surface area contributed by atoms with Gasteiger partial charge in [0.25, 0.3) is 0 Å². The molecule has 3 radical (unpaired) electrons. The first-order valence-electron chi connectivity index (χ1n) is 3.00. The summed E-state index contributed by atoms with van der Waals surface area (Å²) >= 11 is 0. The summed E-state index contributed by atoms with van der Waals surface area (Å²) in [6.07, 6.45) is -0.553. The molecule has 10 heavy (non-hydrogen) atoms. The summed E-state index contributed by atoms with van der Waals surface area (Å²) in [4.78, 5) is 15.1. The van der Waals surface area contributed by atoms with Gasteiger partial charge in [-0.15, -0.1) is 0 Å². The van der Waals surface area contributed by atoms with Gasteiger partial charge in [-0.2, -0.15) is 5.48 Å². The van der Waals surface area contributed by atoms with E-state index >= 15 is 0 Å². The van der Waals surface area contributed by atoms with Crippen LogP contribution < -0.4 is 5.48 Å². The van der Waals surface area contributed by atoms with Crippen molar-refractivity contribution < 1.29 is 14.4 Å². The minimum atomic E-state index is -0.553. The normalized spacial score (nSPS) is 9.00. The van der Waals surface area contributed by atoms with E-state index in [-0.39, 0.29) is 0 Å². The Hall–Kier alpha value is -0.553. The highest BCUT2D eigenvalue weighted by molar-refractivity contribution is 6.08. The third-order valence-corrected chi connectivity index (χ3v) is 0.839. The molecule has 0 aromatic heterocycles. The van der Waals surface area contributed by atoms with E-state index in [1.54, 1.807) is 6.92 Å². The van der Waals surface area contributed by atoms with Gasteiger partial charge in [-0.1, -0.05) is 0 Å². The molecular formula is C5H10NO3Si. The number of hydroxylamine groups is 1. The molecule has 57 valence electrons. The number of nitrogens with one attached hydrogen (secondary N) is 1. The zero-order valence-corrected chi connectivity index (χ0v) is 6.85. The second-order valence-electron chi connectivity index (χ2n) is 1.42. The van der Waals surface area contributed by atoms with Gasteiger partial charge in [-0.3, -0.25) is 4.84 Å². The van der Waals surface area contributed by atoms with Crippen molar-refractivity contribution in [3.63, 3.8) is 0 Å². The second kappa shape index (κ2) is 6.57. The number of hydrogen-bond donors (Lipinski definition) is 1. The number of amides is 1. The van der Waals surface area contributed by atoms with E-state index in [4.69, 9.17) is 0 Å². The molecule has 0 rings (SSSR count). The Morgan fingerprint density at radius 1 is 1.70 bits per heavy atom. The molecule has 1 N–H and O–H groups in total. The smallest absolute Gasteiger partial charge is 0.431 e. The number of carbonyl (C=O) groups is 1. The highest BCUT2D eigenvalue weighted by Gasteiger charge is 1.96. The Labute approximate surface area is 63.3 Å². The van der Waals surface area contributed by atoms with Crippen LogP contribution in [-0.4, -0.2) is 29.5 Å². The summed E-state index contributed by atoms with van der Waals surface area (Å²) in [7, 11) is 3.16. The van der Waals surface area contributed by atoms with Gasteiger partial charge < -0.3 is 4.74 Å². The van der Waals surface area contributed by atoms with Crippen molar-refractivity contribution in [2.45, 2.75) is 13.0 Å². The number of rotatable bonds is 4. The molecule has 4 nitrogen and oxygen atoms in total. The average molecular weight is 160 g/mol. The number of carbonyl (C=O) groups excluding carboxylic acids is 1. The first kappa shape index (κ1) is 9.45. The van der Waals surface area contributed by atoms with Crippen molar-refractivity contribution in [3.8, 4) is 0 Å². The van der Waals surface area contributed by atoms with Gasteiger partial charge in [0.2, 0.25) is 0 Å². The van der Waals surface area contributed by atoms with Gasteiger partial charge in [-0.25, -0.2) is 4.79 Å². The molecule has 0 fully saturated rings. The van der Waals surface area contributed by atoms with Crippen molar-refractivity contribution in [3.05, 3.63) is 0 Å². The highest BCUT2D eigenvalue weighted by Crippen LogP contribution is 1.77. The third kappa shape index (κ3) is 5.58. The van der Waals surface area contributed by atoms with E-state index in [9.17, 15) is 4.79 Å². The van der Waals surface area contributed by atoms with Gasteiger partial charge >= 0.3 is 6.09 Å². The largest absolute Gasteiger partial charge is 0.448 e. The molecule has 1 amide bonds. The Morgan fingerprint density at radius 3 is 2.90 bits per heavy atom. The minimum absolute atomic E-state index is 0.350. The third-order valence-electron chi connectivity index (χ3n) is 0.635. The van der Waals surface area contributed by atoms with Crippen molar-refractivity contribution in [2.24, 2.45) is 0 Å². The molecule has 5 heteroatoms. The maximum absolute atomic E-state index is 10.4. The van der Waals surface area contributed by atoms with Crippen LogP contribution in [0.3, 0.4) is 0 Å². The van der Waals surface area contributed by atoms with E-state index in [1.165, 1.54) is 0 Å². The second-order valence-corrected chi connectivity index (χ2v) is 1.92. The van der Waals surface area contributed by atoms with Gasteiger partial charge in [0, 0.05) is 10.2 Å². The Balaban J connectivity index is 3.05. The maximum Gasteiger partial charge on any atom is 0.431 e. The van der Waals surface area contributed by atoms with E-state index in [0.29, 0.717) is 19.3 Å². The molecule has 0 aromatic carbocycles. The van der Waals surface area contributed by atoms with E-state index < -0.39 is 6.09 Å². The first-order valence-corrected chi connectivity index (χ1v) is 3.71. The maximum atomic E-state index is 10.4. The molecule has 0 aliphatic rings. The fraction of sp³-hybridized carbons (Fsp3) is 0.800. The van der Waals surface area contributed by atoms with Crippen molar-refractivity contribution in [1.29, 1.82) is 0 Å². The monoisotopic (exact) mass is 160 g/mol. The summed E-state index contributed by atoms with van der Waals surface area (Å²) in [5.41, 5.74) is 2.09. The van der Waals surface area contributed by atoms with Crippen LogP contribution in [0.5, 0.6) is 0 Å². The lowest BCUT2D eigenvalue weighted by Gasteiger charge is -2.03. The van der Waals surface area contributed by atoms with Gasteiger partial charge in [0.15, 0.2) is 0 Å². The van der Waals surface area contributed by atoms with E-state index in [0.717, 1.165) is 0 Å². The van der Waals surface area contributed by atoms with Gasteiger partial charge in [-0.05, 0) is 13.0 Å². The van der Waals surface area contributed by atoms with Crippen LogP contribution in [0, 0.1) is 0 Å². The zero-order valence-electron chi connectivity index (χ0n) is 5.85. The molecule has 0 spiro atoms. The average Bonchev–Trinajstić information content (AvgIpc) is 1.89. The molecular weight excluding hydrogens is 150 g/mol. The minimum Gasteiger partial charge on any atom is -0.448 e. The molecule has 0 aliphatic carbocycles. The fourth-order valence-electron chi connectivity index (χ4n) is 0.322. The van der Waals surface area contributed by atoms with Crippen LogP contribution in [-0.2, 0) is 9.57 Å². The molecule has 0 bridgehead atoms. The summed E-state index contributed by atoms with van der Waals surface area (Å²) in [5.74, 6) is 0. The molecule has 0 unspecified atom stereocenters. The predicted molar refractivity (Wildman–Crippen MR) is 36.7 cm³/mol. The van der Waals surface area contributed by atoms with Crippen LogP contribution in [0.25, 0.3) is 0 Å². The van der Waals surface area contributed by atoms with Crippen LogP contribution >= 0.6 is 0 Å². The number of hydrogen-bond acceptors (Lipinski definition) is 3. The van der Waals surface area contributed by atoms with Crippen LogP contribution in [0.1, 0.15) is 6.92 Å².